The van der Waals surface area contributed by atoms with Crippen molar-refractivity contribution < 1.29 is 29.0 Å². The van der Waals surface area contributed by atoms with E-state index in [1.165, 1.54) is 13.8 Å². The predicted molar refractivity (Wildman–Crippen MR) is 80.1 cm³/mol. The third-order valence-electron chi connectivity index (χ3n) is 3.84. The van der Waals surface area contributed by atoms with E-state index in [2.05, 4.69) is 17.0 Å². The Bertz CT molecular complexity index is 384. The molecule has 0 spiro atoms. The fraction of sp³-hybridized carbons (Fsp3) is 0.800. The van der Waals surface area contributed by atoms with Gasteiger partial charge >= 0.3 is 18.0 Å². The van der Waals surface area contributed by atoms with E-state index in [4.69, 9.17) is 9.84 Å². The van der Waals surface area contributed by atoms with Crippen molar-refractivity contribution in [1.29, 1.82) is 0 Å². The van der Waals surface area contributed by atoms with Crippen molar-refractivity contribution in [2.24, 2.45) is 17.8 Å². The minimum Gasteiger partial charge on any atom is -0.481 e. The summed E-state index contributed by atoms with van der Waals surface area (Å²) < 4.78 is 9.52. The van der Waals surface area contributed by atoms with Gasteiger partial charge in [-0.2, -0.15) is 0 Å². The van der Waals surface area contributed by atoms with Crippen LogP contribution in [-0.2, 0) is 19.1 Å². The van der Waals surface area contributed by atoms with Gasteiger partial charge in [-0.15, -0.1) is 0 Å². The average Bonchev–Trinajstić information content (AvgIpc) is 2.40. The number of carbonyl (C=O) groups excluding carboxylic acids is 2. The minimum absolute atomic E-state index is 0.0225. The molecule has 0 rings (SSSR count). The molecular weight excluding hydrogens is 290 g/mol. The fourth-order valence-electron chi connectivity index (χ4n) is 2.17. The number of carboxylic acid groups (broad SMARTS) is 1. The average molecular weight is 317 g/mol. The highest BCUT2D eigenvalue weighted by molar-refractivity contribution is 5.69. The number of amides is 1. The maximum Gasteiger partial charge on any atom is 0.410 e. The minimum atomic E-state index is -0.984. The smallest absolute Gasteiger partial charge is 0.410 e. The number of hydrogen-bond donors (Lipinski definition) is 2. The number of carboxylic acids is 1. The molecule has 0 bridgehead atoms. The first-order valence-electron chi connectivity index (χ1n) is 7.50. The van der Waals surface area contributed by atoms with E-state index in [0.717, 1.165) is 6.42 Å². The lowest BCUT2D eigenvalue weighted by molar-refractivity contribution is -0.162. The summed E-state index contributed by atoms with van der Waals surface area (Å²) in [6.45, 7) is 8.92. The summed E-state index contributed by atoms with van der Waals surface area (Å²) in [5, 5.41) is 11.5. The van der Waals surface area contributed by atoms with Crippen molar-refractivity contribution in [1.82, 2.24) is 5.32 Å². The predicted octanol–water partition coefficient (Wildman–Crippen LogP) is 2.39. The quantitative estimate of drug-likeness (QED) is 0.500. The number of aliphatic carboxylic acids is 1. The van der Waals surface area contributed by atoms with E-state index in [-0.39, 0.29) is 24.8 Å². The zero-order chi connectivity index (χ0) is 17.3. The summed E-state index contributed by atoms with van der Waals surface area (Å²) in [6.07, 6.45) is -0.806. The molecule has 0 aromatic carbocycles. The second-order valence-corrected chi connectivity index (χ2v) is 5.57. The zero-order valence-electron chi connectivity index (χ0n) is 13.9. The topological polar surface area (TPSA) is 102 Å². The second-order valence-electron chi connectivity index (χ2n) is 5.57. The first-order valence-corrected chi connectivity index (χ1v) is 7.50. The third kappa shape index (κ3) is 8.49. The number of esters is 1. The summed E-state index contributed by atoms with van der Waals surface area (Å²) in [6, 6.07) is 0. The molecule has 0 aliphatic heterocycles. The summed E-state index contributed by atoms with van der Waals surface area (Å²) in [7, 11) is 0. The molecule has 0 radical (unpaired) electrons. The molecule has 0 aromatic rings. The lowest BCUT2D eigenvalue weighted by Gasteiger charge is -2.27. The molecule has 22 heavy (non-hydrogen) atoms. The Labute approximate surface area is 131 Å². The van der Waals surface area contributed by atoms with Gasteiger partial charge in [0.2, 0.25) is 6.29 Å². The maximum absolute atomic E-state index is 11.6. The van der Waals surface area contributed by atoms with E-state index in [9.17, 15) is 14.4 Å². The molecule has 0 aliphatic carbocycles. The van der Waals surface area contributed by atoms with Crippen LogP contribution in [0.3, 0.4) is 0 Å². The van der Waals surface area contributed by atoms with Crippen LogP contribution in [0.5, 0.6) is 0 Å². The molecule has 2 N–H and O–H groups in total. The molecule has 7 nitrogen and oxygen atoms in total. The van der Waals surface area contributed by atoms with E-state index >= 15 is 0 Å². The highest BCUT2D eigenvalue weighted by atomic mass is 16.7. The Morgan fingerprint density at radius 1 is 1.14 bits per heavy atom. The lowest BCUT2D eigenvalue weighted by atomic mass is 9.81. The number of alkyl carbamates (subject to hydrolysis) is 1. The van der Waals surface area contributed by atoms with Crippen LogP contribution >= 0.6 is 0 Å². The Hall–Kier alpha value is -1.79. The zero-order valence-corrected chi connectivity index (χ0v) is 13.9. The molecule has 1 amide bonds. The van der Waals surface area contributed by atoms with Crippen molar-refractivity contribution in [2.45, 2.75) is 53.8 Å². The van der Waals surface area contributed by atoms with Gasteiger partial charge in [0.1, 0.15) is 0 Å². The van der Waals surface area contributed by atoms with Crippen LogP contribution in [0.4, 0.5) is 4.79 Å². The molecule has 4 atom stereocenters. The van der Waals surface area contributed by atoms with E-state index in [1.54, 1.807) is 0 Å². The largest absolute Gasteiger partial charge is 0.481 e. The second kappa shape index (κ2) is 10.0. The number of rotatable bonds is 9. The molecule has 0 aromatic heterocycles. The van der Waals surface area contributed by atoms with Gasteiger partial charge in [0.25, 0.3) is 0 Å². The molecule has 0 unspecified atom stereocenters. The van der Waals surface area contributed by atoms with Gasteiger partial charge in [0, 0.05) is 20.4 Å². The van der Waals surface area contributed by atoms with Gasteiger partial charge in [-0.05, 0) is 17.8 Å². The van der Waals surface area contributed by atoms with Crippen LogP contribution < -0.4 is 5.32 Å². The number of carbonyl (C=O) groups is 3. The molecule has 0 heterocycles. The van der Waals surface area contributed by atoms with Gasteiger partial charge in [0.05, 0.1) is 6.42 Å². The van der Waals surface area contributed by atoms with Crippen LogP contribution in [0, 0.1) is 17.8 Å². The molecule has 0 saturated heterocycles. The first-order chi connectivity index (χ1) is 10.2. The van der Waals surface area contributed by atoms with Crippen LogP contribution in [-0.4, -0.2) is 36.0 Å². The Balaban J connectivity index is 4.46. The van der Waals surface area contributed by atoms with Crippen LogP contribution in [0.15, 0.2) is 0 Å². The standard InChI is InChI=1S/C15H27NO6/c1-6-9(2)10(3)13(7-14(18)19)8-16-15(20)22-12(5)21-11(4)17/h9-10,12-13H,6-8H2,1-5H3,(H,16,20)(H,18,19)/t9-,10-,12-,13+/m1/s1. The third-order valence-corrected chi connectivity index (χ3v) is 3.84. The molecule has 0 saturated carbocycles. The number of ether oxygens (including phenoxy) is 2. The molecule has 0 aliphatic rings. The monoisotopic (exact) mass is 317 g/mol. The number of nitrogens with one attached hydrogen (secondary N) is 1. The highest BCUT2D eigenvalue weighted by Gasteiger charge is 2.25. The Morgan fingerprint density at radius 3 is 2.18 bits per heavy atom. The normalized spacial score (nSPS) is 16.0. The Morgan fingerprint density at radius 2 is 1.73 bits per heavy atom. The van der Waals surface area contributed by atoms with Crippen molar-refractivity contribution in [3.8, 4) is 0 Å². The van der Waals surface area contributed by atoms with Gasteiger partial charge < -0.3 is 19.9 Å². The summed E-state index contributed by atoms with van der Waals surface area (Å²) in [4.78, 5) is 33.3. The number of hydrogen-bond acceptors (Lipinski definition) is 5. The van der Waals surface area contributed by atoms with Crippen molar-refractivity contribution >= 4 is 18.0 Å². The van der Waals surface area contributed by atoms with Crippen LogP contribution in [0.25, 0.3) is 0 Å². The maximum atomic E-state index is 11.6. The van der Waals surface area contributed by atoms with Crippen molar-refractivity contribution in [2.75, 3.05) is 6.54 Å². The van der Waals surface area contributed by atoms with Gasteiger partial charge in [-0.25, -0.2) is 4.79 Å². The highest BCUT2D eigenvalue weighted by Crippen LogP contribution is 2.25. The van der Waals surface area contributed by atoms with Gasteiger partial charge in [0.15, 0.2) is 0 Å². The fourth-order valence-corrected chi connectivity index (χ4v) is 2.17. The van der Waals surface area contributed by atoms with Crippen LogP contribution in [0.1, 0.15) is 47.5 Å². The first kappa shape index (κ1) is 20.2. The summed E-state index contributed by atoms with van der Waals surface area (Å²) in [5.74, 6) is -1.14. The van der Waals surface area contributed by atoms with Crippen molar-refractivity contribution in [3.05, 3.63) is 0 Å². The van der Waals surface area contributed by atoms with E-state index < -0.39 is 24.3 Å². The van der Waals surface area contributed by atoms with Gasteiger partial charge in [-0.3, -0.25) is 9.59 Å². The molecule has 0 fully saturated rings. The van der Waals surface area contributed by atoms with Crippen molar-refractivity contribution in [3.63, 3.8) is 0 Å². The molecular formula is C15H27NO6. The van der Waals surface area contributed by atoms with E-state index in [1.807, 2.05) is 13.8 Å². The SMILES string of the molecule is CC[C@@H](C)[C@@H](C)[C@H](CNC(=O)O[C@H](C)OC(C)=O)CC(=O)O. The molecule has 128 valence electrons. The van der Waals surface area contributed by atoms with Gasteiger partial charge in [-0.1, -0.05) is 27.2 Å². The van der Waals surface area contributed by atoms with Crippen LogP contribution in [0.2, 0.25) is 0 Å². The lowest BCUT2D eigenvalue weighted by Crippen LogP contribution is -2.37. The summed E-state index contributed by atoms with van der Waals surface area (Å²) >= 11 is 0. The van der Waals surface area contributed by atoms with E-state index in [0.29, 0.717) is 5.92 Å². The Kier molecular flexibility index (Phi) is 9.21. The molecule has 7 heteroatoms. The summed E-state index contributed by atoms with van der Waals surface area (Å²) in [5.41, 5.74) is 0.